The summed E-state index contributed by atoms with van der Waals surface area (Å²) in [5.74, 6) is -0.221. The van der Waals surface area contributed by atoms with Crippen molar-refractivity contribution in [1.82, 2.24) is 24.3 Å². The normalized spacial score (nSPS) is 11.4. The smallest absolute Gasteiger partial charge is 0.281 e. The topological polar surface area (TPSA) is 97.3 Å². The number of aromatic nitrogens is 3. The Morgan fingerprint density at radius 1 is 1.00 bits per heavy atom. The number of hydrogen-bond donors (Lipinski definition) is 1. The van der Waals surface area contributed by atoms with Gasteiger partial charge in [-0.15, -0.1) is 0 Å². The van der Waals surface area contributed by atoms with E-state index in [4.69, 9.17) is 5.73 Å². The van der Waals surface area contributed by atoms with E-state index in [-0.39, 0.29) is 29.9 Å². The van der Waals surface area contributed by atoms with Crippen molar-refractivity contribution in [2.75, 3.05) is 39.5 Å². The minimum Gasteiger partial charge on any atom is -0.368 e. The molecule has 4 aromatic rings. The van der Waals surface area contributed by atoms with Gasteiger partial charge in [-0.05, 0) is 49.5 Å². The van der Waals surface area contributed by atoms with E-state index in [9.17, 15) is 9.59 Å². The van der Waals surface area contributed by atoms with Crippen LogP contribution in [0, 0.1) is 0 Å². The molecule has 2 aromatic carbocycles. The predicted octanol–water partition coefficient (Wildman–Crippen LogP) is 2.81. The van der Waals surface area contributed by atoms with Crippen LogP contribution in [0.25, 0.3) is 21.7 Å². The number of nitrogens with two attached hydrogens (primary N) is 1. The fraction of sp³-hybridized carbons (Fsp3) is 0.280. The summed E-state index contributed by atoms with van der Waals surface area (Å²) in [5, 5.41) is 2.50. The van der Waals surface area contributed by atoms with Gasteiger partial charge in [-0.2, -0.15) is 0 Å². The van der Waals surface area contributed by atoms with Gasteiger partial charge in [-0.1, -0.05) is 30.3 Å². The van der Waals surface area contributed by atoms with E-state index in [0.717, 1.165) is 22.9 Å². The SMILES string of the molecule is CCN(CCN(C)C)C(=O)Cc1ccc2nc(N)nc(C(=O)n3cc4ccccc4c3)c2c1. The lowest BCUT2D eigenvalue weighted by Gasteiger charge is -2.23. The van der Waals surface area contributed by atoms with E-state index in [1.165, 1.54) is 4.57 Å². The third kappa shape index (κ3) is 4.85. The van der Waals surface area contributed by atoms with E-state index < -0.39 is 0 Å². The summed E-state index contributed by atoms with van der Waals surface area (Å²) < 4.78 is 1.52. The number of nitrogens with zero attached hydrogens (tertiary/aromatic N) is 5. The second-order valence-corrected chi connectivity index (χ2v) is 8.33. The van der Waals surface area contributed by atoms with Gasteiger partial charge in [0.2, 0.25) is 11.9 Å². The molecule has 0 fully saturated rings. The molecule has 33 heavy (non-hydrogen) atoms. The molecule has 8 heteroatoms. The number of carbonyl (C=O) groups is 2. The number of fused-ring (bicyclic) bond motifs is 2. The molecule has 2 N–H and O–H groups in total. The lowest BCUT2D eigenvalue weighted by molar-refractivity contribution is -0.130. The van der Waals surface area contributed by atoms with Crippen molar-refractivity contribution in [3.05, 3.63) is 66.1 Å². The van der Waals surface area contributed by atoms with Crippen LogP contribution < -0.4 is 5.73 Å². The quantitative estimate of drug-likeness (QED) is 0.471. The lowest BCUT2D eigenvalue weighted by Crippen LogP contribution is -2.37. The molecular weight excluding hydrogens is 416 g/mol. The van der Waals surface area contributed by atoms with Gasteiger partial charge >= 0.3 is 0 Å². The molecule has 0 radical (unpaired) electrons. The van der Waals surface area contributed by atoms with Crippen LogP contribution in [0.5, 0.6) is 0 Å². The molecule has 4 rings (SSSR count). The lowest BCUT2D eigenvalue weighted by atomic mass is 10.1. The Balaban J connectivity index is 1.67. The Morgan fingerprint density at radius 2 is 1.70 bits per heavy atom. The molecule has 0 unspecified atom stereocenters. The Labute approximate surface area is 192 Å². The van der Waals surface area contributed by atoms with Crippen LogP contribution in [0.1, 0.15) is 23.0 Å². The van der Waals surface area contributed by atoms with Crippen molar-refractivity contribution in [3.8, 4) is 0 Å². The first-order chi connectivity index (χ1) is 15.9. The molecule has 2 heterocycles. The standard InChI is InChI=1S/C25H28N6O2/c1-4-30(12-11-29(2)3)22(32)14-17-9-10-21-20(13-17)23(28-25(26)27-21)24(33)31-15-18-7-5-6-8-19(18)16-31/h5-10,13,15-16H,4,11-12,14H2,1-3H3,(H2,26,27,28). The summed E-state index contributed by atoms with van der Waals surface area (Å²) in [6.45, 7) is 4.09. The molecule has 0 aliphatic carbocycles. The first-order valence-electron chi connectivity index (χ1n) is 11.0. The van der Waals surface area contributed by atoms with Crippen LogP contribution in [-0.2, 0) is 11.2 Å². The van der Waals surface area contributed by atoms with Crippen molar-refractivity contribution in [2.24, 2.45) is 0 Å². The van der Waals surface area contributed by atoms with Crippen LogP contribution >= 0.6 is 0 Å². The summed E-state index contributed by atoms with van der Waals surface area (Å²) in [7, 11) is 3.97. The van der Waals surface area contributed by atoms with Crippen LogP contribution in [0.15, 0.2) is 54.9 Å². The Kier molecular flexibility index (Phi) is 6.37. The number of carbonyl (C=O) groups excluding carboxylic acids is 2. The number of anilines is 1. The van der Waals surface area contributed by atoms with Crippen molar-refractivity contribution >= 4 is 39.4 Å². The largest absolute Gasteiger partial charge is 0.368 e. The van der Waals surface area contributed by atoms with Crippen molar-refractivity contribution in [2.45, 2.75) is 13.3 Å². The van der Waals surface area contributed by atoms with Crippen molar-refractivity contribution in [1.29, 1.82) is 0 Å². The molecule has 170 valence electrons. The van der Waals surface area contributed by atoms with E-state index >= 15 is 0 Å². The minimum atomic E-state index is -0.296. The average molecular weight is 445 g/mol. The highest BCUT2D eigenvalue weighted by molar-refractivity contribution is 6.07. The van der Waals surface area contributed by atoms with Gasteiger partial charge in [-0.3, -0.25) is 14.2 Å². The molecule has 0 atom stereocenters. The van der Waals surface area contributed by atoms with Crippen molar-refractivity contribution < 1.29 is 9.59 Å². The highest BCUT2D eigenvalue weighted by Crippen LogP contribution is 2.22. The zero-order valence-corrected chi connectivity index (χ0v) is 19.2. The highest BCUT2D eigenvalue weighted by Gasteiger charge is 2.19. The fourth-order valence-electron chi connectivity index (χ4n) is 3.86. The maximum Gasteiger partial charge on any atom is 0.281 e. The van der Waals surface area contributed by atoms with Gasteiger partial charge in [0, 0.05) is 37.4 Å². The van der Waals surface area contributed by atoms with E-state index in [2.05, 4.69) is 14.9 Å². The predicted molar refractivity (Wildman–Crippen MR) is 130 cm³/mol. The zero-order chi connectivity index (χ0) is 23.5. The van der Waals surface area contributed by atoms with Gasteiger partial charge in [0.25, 0.3) is 5.91 Å². The maximum atomic E-state index is 13.4. The molecule has 0 aliphatic heterocycles. The van der Waals surface area contributed by atoms with Gasteiger partial charge in [0.05, 0.1) is 11.9 Å². The number of nitrogen functional groups attached to an aromatic ring is 1. The third-order valence-electron chi connectivity index (χ3n) is 5.67. The molecule has 0 aliphatic rings. The van der Waals surface area contributed by atoms with Gasteiger partial charge < -0.3 is 15.5 Å². The van der Waals surface area contributed by atoms with Gasteiger partial charge in [0.15, 0.2) is 0 Å². The van der Waals surface area contributed by atoms with E-state index in [0.29, 0.717) is 24.0 Å². The highest BCUT2D eigenvalue weighted by atomic mass is 16.2. The van der Waals surface area contributed by atoms with Crippen LogP contribution in [0.2, 0.25) is 0 Å². The van der Waals surface area contributed by atoms with Gasteiger partial charge in [-0.25, -0.2) is 9.97 Å². The second kappa shape index (κ2) is 9.38. The Bertz CT molecular complexity index is 1290. The number of hydrogen-bond acceptors (Lipinski definition) is 6. The summed E-state index contributed by atoms with van der Waals surface area (Å²) in [6, 6.07) is 13.2. The third-order valence-corrected chi connectivity index (χ3v) is 5.67. The van der Waals surface area contributed by atoms with Crippen molar-refractivity contribution in [3.63, 3.8) is 0 Å². The van der Waals surface area contributed by atoms with E-state index in [1.54, 1.807) is 18.5 Å². The molecule has 0 bridgehead atoms. The van der Waals surface area contributed by atoms with Crippen LogP contribution in [0.3, 0.4) is 0 Å². The van der Waals surface area contributed by atoms with Crippen LogP contribution in [0.4, 0.5) is 5.95 Å². The Morgan fingerprint density at radius 3 is 2.33 bits per heavy atom. The molecule has 8 nitrogen and oxygen atoms in total. The molecule has 2 aromatic heterocycles. The number of likely N-dealkylation sites (N-methyl/N-ethyl adjacent to an activating group) is 2. The second-order valence-electron chi connectivity index (χ2n) is 8.33. The number of amides is 1. The summed E-state index contributed by atoms with van der Waals surface area (Å²) in [4.78, 5) is 38.7. The number of benzene rings is 2. The monoisotopic (exact) mass is 444 g/mol. The molecule has 0 saturated heterocycles. The molecule has 1 amide bonds. The molecule has 0 spiro atoms. The first kappa shape index (κ1) is 22.4. The first-order valence-corrected chi connectivity index (χ1v) is 11.0. The summed E-state index contributed by atoms with van der Waals surface area (Å²) in [5.41, 5.74) is 7.49. The summed E-state index contributed by atoms with van der Waals surface area (Å²) >= 11 is 0. The maximum absolute atomic E-state index is 13.4. The zero-order valence-electron chi connectivity index (χ0n) is 19.2. The molecule has 0 saturated carbocycles. The number of rotatable bonds is 7. The minimum absolute atomic E-state index is 0.0345. The fourth-order valence-corrected chi connectivity index (χ4v) is 3.86. The van der Waals surface area contributed by atoms with Crippen LogP contribution in [-0.4, -0.2) is 69.9 Å². The Hall–Kier alpha value is -3.78. The summed E-state index contributed by atoms with van der Waals surface area (Å²) in [6.07, 6.45) is 3.79. The molecular formula is C25H28N6O2. The average Bonchev–Trinajstić information content (AvgIpc) is 3.23. The van der Waals surface area contributed by atoms with Gasteiger partial charge in [0.1, 0.15) is 5.69 Å². The van der Waals surface area contributed by atoms with E-state index in [1.807, 2.05) is 62.3 Å².